The van der Waals surface area contributed by atoms with Crippen molar-refractivity contribution in [3.63, 3.8) is 0 Å². The van der Waals surface area contributed by atoms with Crippen LogP contribution in [0.5, 0.6) is 0 Å². The fourth-order valence-corrected chi connectivity index (χ4v) is 11.4. The van der Waals surface area contributed by atoms with E-state index in [-0.39, 0.29) is 34.5 Å². The van der Waals surface area contributed by atoms with E-state index >= 15 is 0 Å². The summed E-state index contributed by atoms with van der Waals surface area (Å²) in [5.74, 6) is 0.757. The molecule has 9 rings (SSSR count). The van der Waals surface area contributed by atoms with Crippen molar-refractivity contribution in [2.75, 3.05) is 36.4 Å². The number of Topliss-reactive ketones (excluding diaryl/α,β-unsaturated/α-hetero) is 1. The Balaban J connectivity index is 1.03. The Morgan fingerprint density at radius 1 is 0.538 bits per heavy atom. The topological polar surface area (TPSA) is 102 Å². The maximum atomic E-state index is 14.9. The molecule has 4 unspecified atom stereocenters. The zero-order chi connectivity index (χ0) is 54.4. The second-order valence-electron chi connectivity index (χ2n) is 22.2. The molecular formula is C70H79N4O4+. The van der Waals surface area contributed by atoms with Crippen LogP contribution in [0.3, 0.4) is 0 Å². The predicted molar refractivity (Wildman–Crippen MR) is 322 cm³/mol. The molecule has 3 aromatic carbocycles. The monoisotopic (exact) mass is 1040 g/mol. The molecule has 402 valence electrons. The van der Waals surface area contributed by atoms with Crippen molar-refractivity contribution in [1.82, 2.24) is 5.32 Å². The molecule has 8 heteroatoms. The first-order chi connectivity index (χ1) is 37.9. The number of allylic oxidation sites excluding steroid dienone is 21. The molecule has 0 radical (unpaired) electrons. The van der Waals surface area contributed by atoms with Gasteiger partial charge in [0.15, 0.2) is 0 Å². The molecule has 2 amide bonds. The number of nitrogens with one attached hydrogen (secondary N) is 2. The molecule has 0 aromatic heterocycles. The van der Waals surface area contributed by atoms with Crippen molar-refractivity contribution in [3.05, 3.63) is 232 Å². The number of ketones is 1. The quantitative estimate of drug-likeness (QED) is 0.0422. The lowest BCUT2D eigenvalue weighted by Crippen LogP contribution is -2.31. The van der Waals surface area contributed by atoms with Gasteiger partial charge >= 0.3 is 0 Å². The average Bonchev–Trinajstić information content (AvgIpc) is 4.40. The van der Waals surface area contributed by atoms with E-state index in [9.17, 15) is 19.5 Å². The number of aliphatic hydroxyl groups is 1. The Bertz CT molecular complexity index is 3060. The summed E-state index contributed by atoms with van der Waals surface area (Å²) < 4.78 is 2.40. The third-order valence-electron chi connectivity index (χ3n) is 15.7. The summed E-state index contributed by atoms with van der Waals surface area (Å²) in [7, 11) is 0. The van der Waals surface area contributed by atoms with Crippen LogP contribution >= 0.6 is 0 Å². The first kappa shape index (κ1) is 55.2. The van der Waals surface area contributed by atoms with E-state index in [1.54, 1.807) is 24.3 Å². The zero-order valence-electron chi connectivity index (χ0n) is 46.4. The molecule has 3 N–H and O–H groups in total. The van der Waals surface area contributed by atoms with Crippen molar-refractivity contribution in [2.45, 2.75) is 105 Å². The Labute approximate surface area is 463 Å². The van der Waals surface area contributed by atoms with Gasteiger partial charge in [-0.1, -0.05) is 159 Å². The van der Waals surface area contributed by atoms with Gasteiger partial charge in [0.1, 0.15) is 18.8 Å². The highest BCUT2D eigenvalue weighted by Crippen LogP contribution is 2.44. The number of hydrogen-bond acceptors (Lipinski definition) is 5. The predicted octanol–water partition coefficient (Wildman–Crippen LogP) is 15.4. The molecule has 6 aliphatic carbocycles. The van der Waals surface area contributed by atoms with Gasteiger partial charge in [0.05, 0.1) is 22.5 Å². The average molecular weight is 1040 g/mol. The highest BCUT2D eigenvalue weighted by atomic mass is 16.3. The van der Waals surface area contributed by atoms with Crippen LogP contribution < -0.4 is 15.5 Å². The van der Waals surface area contributed by atoms with Crippen LogP contribution in [-0.2, 0) is 4.79 Å². The van der Waals surface area contributed by atoms with Crippen molar-refractivity contribution in [2.24, 2.45) is 23.7 Å². The lowest BCUT2D eigenvalue weighted by Gasteiger charge is -2.29. The first-order valence-electron chi connectivity index (χ1n) is 28.9. The van der Waals surface area contributed by atoms with Crippen molar-refractivity contribution in [3.8, 4) is 0 Å². The van der Waals surface area contributed by atoms with Gasteiger partial charge < -0.3 is 20.6 Å². The number of carbonyl (C=O) groups excluding carboxylic acids is 3. The van der Waals surface area contributed by atoms with Crippen molar-refractivity contribution >= 4 is 40.3 Å². The van der Waals surface area contributed by atoms with Gasteiger partial charge in [0.2, 0.25) is 11.5 Å². The van der Waals surface area contributed by atoms with Gasteiger partial charge in [-0.25, -0.2) is 4.58 Å². The lowest BCUT2D eigenvalue weighted by atomic mass is 9.78. The molecule has 0 saturated heterocycles. The molecule has 0 heterocycles. The van der Waals surface area contributed by atoms with Crippen LogP contribution in [0.1, 0.15) is 131 Å². The minimum absolute atomic E-state index is 0.125. The fourth-order valence-electron chi connectivity index (χ4n) is 11.4. The fraction of sp³-hybridized carbons (Fsp3) is 0.343. The Morgan fingerprint density at radius 3 is 1.45 bits per heavy atom. The minimum Gasteiger partial charge on any atom is -0.506 e. The number of nitrogens with zero attached hydrogens (tertiary/aromatic N) is 2. The van der Waals surface area contributed by atoms with E-state index < -0.39 is 0 Å². The van der Waals surface area contributed by atoms with Gasteiger partial charge in [0, 0.05) is 66.0 Å². The van der Waals surface area contributed by atoms with Crippen LogP contribution in [0.15, 0.2) is 215 Å². The summed E-state index contributed by atoms with van der Waals surface area (Å²) in [6.45, 7) is 12.2. The molecule has 0 saturated carbocycles. The lowest BCUT2D eigenvalue weighted by molar-refractivity contribution is -0.527. The third kappa shape index (κ3) is 14.5. The number of hydrogen-bond donors (Lipinski definition) is 3. The first-order valence-corrected chi connectivity index (χ1v) is 28.9. The number of amides is 2. The summed E-state index contributed by atoms with van der Waals surface area (Å²) in [4.78, 5) is 45.4. The second-order valence-corrected chi connectivity index (χ2v) is 22.2. The van der Waals surface area contributed by atoms with Crippen LogP contribution in [0, 0.1) is 23.7 Å². The smallest absolute Gasteiger partial charge is 0.255 e. The van der Waals surface area contributed by atoms with E-state index in [4.69, 9.17) is 0 Å². The normalized spacial score (nSPS) is 20.9. The number of unbranched alkanes of at least 4 members (excludes halogenated alkanes) is 4. The summed E-state index contributed by atoms with van der Waals surface area (Å²) in [5, 5.41) is 18.6. The molecule has 4 atom stereocenters. The summed E-state index contributed by atoms with van der Waals surface area (Å²) in [5.41, 5.74) is 10.4. The van der Waals surface area contributed by atoms with Gasteiger partial charge in [-0.3, -0.25) is 14.4 Å². The number of carbonyl (C=O) groups is 3. The van der Waals surface area contributed by atoms with Crippen LogP contribution in [0.4, 0.5) is 11.4 Å². The van der Waals surface area contributed by atoms with Crippen LogP contribution in [0.2, 0.25) is 0 Å². The van der Waals surface area contributed by atoms with E-state index in [1.807, 2.05) is 72.8 Å². The maximum Gasteiger partial charge on any atom is 0.255 e. The van der Waals surface area contributed by atoms with E-state index in [2.05, 4.69) is 121 Å². The van der Waals surface area contributed by atoms with Crippen LogP contribution in [-0.4, -0.2) is 59.2 Å². The Kier molecular flexibility index (Phi) is 18.9. The standard InChI is InChI=1S/C70H78N4O4/c1-49-27-31-53(43-49)19-11-15-39-73(40-16-12-20-54-32-28-50(2)44-54)59-35-37-61(63(47-59)71-69(77)57-23-7-5-8-24-57)65-67(75)66(68(65)76)62-38-36-60(48-64(62)72-70(78)58-25-9-6-10-26-58)74(41-17-13-21-55-33-29-51(3)45-55)42-18-14-22-56-34-30-52(4)46-56/h5-10,23-38,43-52H,11-22,39-42H2,1-4H3,(H2,71,72,75,76,77,78)/p+1. The molecule has 0 bridgehead atoms. The Morgan fingerprint density at radius 2 is 1.00 bits per heavy atom. The molecule has 0 fully saturated rings. The molecular weight excluding hydrogens is 961 g/mol. The Hall–Kier alpha value is -7.58. The summed E-state index contributed by atoms with van der Waals surface area (Å²) >= 11 is 0. The summed E-state index contributed by atoms with van der Waals surface area (Å²) in [6, 6.07) is 24.0. The highest BCUT2D eigenvalue weighted by Gasteiger charge is 2.40. The van der Waals surface area contributed by atoms with E-state index in [0.29, 0.717) is 57.3 Å². The van der Waals surface area contributed by atoms with Gasteiger partial charge in [-0.2, -0.15) is 0 Å². The molecule has 0 aliphatic heterocycles. The van der Waals surface area contributed by atoms with Gasteiger partial charge in [-0.05, 0) is 136 Å². The minimum atomic E-state index is -0.365. The highest BCUT2D eigenvalue weighted by molar-refractivity contribution is 6.40. The SMILES string of the molecule is CC1C=CC(CCCCN(CCCCC2=CC(C)C=C2)c2ccc(C3=C(O)/C(=C4\C=CC(=[N+](CCCCC5=CC(C)C=C5)CCCCC5=CC(C)C=C5)C=C4NC(=O)c4ccccc4)C3=O)c(NC(=O)c3ccccc3)c2)=C1. The van der Waals surface area contributed by atoms with Crippen molar-refractivity contribution < 1.29 is 24.1 Å². The van der Waals surface area contributed by atoms with E-state index in [1.165, 1.54) is 22.3 Å². The zero-order valence-corrected chi connectivity index (χ0v) is 46.4. The molecule has 0 spiro atoms. The van der Waals surface area contributed by atoms with Crippen LogP contribution in [0.25, 0.3) is 5.57 Å². The molecule has 8 nitrogen and oxygen atoms in total. The van der Waals surface area contributed by atoms with E-state index in [0.717, 1.165) is 115 Å². The second kappa shape index (κ2) is 26.7. The molecule has 78 heavy (non-hydrogen) atoms. The third-order valence-corrected chi connectivity index (χ3v) is 15.7. The molecule has 3 aromatic rings. The van der Waals surface area contributed by atoms with Crippen molar-refractivity contribution in [1.29, 1.82) is 0 Å². The number of rotatable bonds is 26. The largest absolute Gasteiger partial charge is 0.506 e. The van der Waals surface area contributed by atoms with Gasteiger partial charge in [-0.15, -0.1) is 0 Å². The number of aliphatic hydroxyl groups excluding tert-OH is 1. The van der Waals surface area contributed by atoms with Gasteiger partial charge in [0.25, 0.3) is 11.8 Å². The summed E-state index contributed by atoms with van der Waals surface area (Å²) in [6.07, 6.45) is 45.6. The molecule has 6 aliphatic rings. The number of anilines is 2. The number of benzene rings is 3. The maximum absolute atomic E-state index is 14.9.